The smallest absolute Gasteiger partial charge is 0.243 e. The van der Waals surface area contributed by atoms with Crippen molar-refractivity contribution in [1.82, 2.24) is 4.31 Å². The summed E-state index contributed by atoms with van der Waals surface area (Å²) < 4.78 is 56.1. The number of nitrogens with one attached hydrogen (secondary N) is 1. The summed E-state index contributed by atoms with van der Waals surface area (Å²) in [7, 11) is -6.26. The highest BCUT2D eigenvalue weighted by molar-refractivity contribution is 7.92. The maximum Gasteiger partial charge on any atom is 0.243 e. The lowest BCUT2D eigenvalue weighted by molar-refractivity contribution is -0.114. The molecular weight excluding hydrogens is 412 g/mol. The van der Waals surface area contributed by atoms with Crippen molar-refractivity contribution >= 4 is 31.5 Å². The highest BCUT2D eigenvalue weighted by atomic mass is 32.2. The van der Waals surface area contributed by atoms with E-state index in [2.05, 4.69) is 5.32 Å². The molecule has 1 aliphatic heterocycles. The Labute approximate surface area is 164 Å². The van der Waals surface area contributed by atoms with Gasteiger partial charge in [-0.3, -0.25) is 4.79 Å². The second kappa shape index (κ2) is 8.74. The van der Waals surface area contributed by atoms with E-state index in [0.29, 0.717) is 0 Å². The molecule has 1 aliphatic rings. The maximum atomic E-state index is 13.2. The number of aliphatic hydroxyl groups excluding tert-OH is 2. The molecule has 0 aromatic heterocycles. The zero-order valence-corrected chi connectivity index (χ0v) is 17.2. The van der Waals surface area contributed by atoms with Gasteiger partial charge in [-0.1, -0.05) is 0 Å². The van der Waals surface area contributed by atoms with Gasteiger partial charge in [0.05, 0.1) is 41.9 Å². The second-order valence-corrected chi connectivity index (χ2v) is 10.6. The largest absolute Gasteiger partial charge is 0.495 e. The van der Waals surface area contributed by atoms with Crippen LogP contribution in [0.4, 0.5) is 5.69 Å². The van der Waals surface area contributed by atoms with Gasteiger partial charge < -0.3 is 20.3 Å². The Kier molecular flexibility index (Phi) is 7.04. The van der Waals surface area contributed by atoms with E-state index in [0.717, 1.165) is 4.31 Å². The molecule has 0 saturated carbocycles. The van der Waals surface area contributed by atoms with Gasteiger partial charge in [-0.2, -0.15) is 4.31 Å². The number of anilines is 1. The van der Waals surface area contributed by atoms with E-state index in [1.165, 1.54) is 32.2 Å². The minimum Gasteiger partial charge on any atom is -0.495 e. The number of nitrogens with zero attached hydrogens (tertiary/aromatic N) is 1. The van der Waals surface area contributed by atoms with Gasteiger partial charge in [-0.05, 0) is 24.6 Å². The Hall–Kier alpha value is -1.73. The van der Waals surface area contributed by atoms with E-state index >= 15 is 0 Å². The van der Waals surface area contributed by atoms with Crippen LogP contribution in [0.15, 0.2) is 23.1 Å². The number of ether oxygens (including phenoxy) is 1. The van der Waals surface area contributed by atoms with Gasteiger partial charge in [0.2, 0.25) is 15.9 Å². The Morgan fingerprint density at radius 3 is 2.61 bits per heavy atom. The summed E-state index contributed by atoms with van der Waals surface area (Å²) in [6.07, 6.45) is -1.28. The van der Waals surface area contributed by atoms with Crippen LogP contribution in [-0.4, -0.2) is 81.2 Å². The molecule has 1 fully saturated rings. The average molecular weight is 437 g/mol. The number of aliphatic hydroxyl groups is 2. The minimum absolute atomic E-state index is 0.0917. The summed E-state index contributed by atoms with van der Waals surface area (Å²) in [5.74, 6) is -0.695. The quantitative estimate of drug-likeness (QED) is 0.478. The van der Waals surface area contributed by atoms with Gasteiger partial charge in [-0.25, -0.2) is 16.8 Å². The second-order valence-electron chi connectivity index (χ2n) is 6.51. The van der Waals surface area contributed by atoms with Crippen molar-refractivity contribution in [2.75, 3.05) is 37.1 Å². The molecule has 10 nitrogen and oxygen atoms in total. The Bertz CT molecular complexity index is 930. The maximum absolute atomic E-state index is 13.2. The molecule has 0 spiro atoms. The van der Waals surface area contributed by atoms with Gasteiger partial charge in [0.25, 0.3) is 0 Å². The van der Waals surface area contributed by atoms with Crippen LogP contribution in [0.25, 0.3) is 0 Å². The molecule has 158 valence electrons. The number of carbonyl (C=O) groups is 1. The van der Waals surface area contributed by atoms with Crippen molar-refractivity contribution in [1.29, 1.82) is 0 Å². The Morgan fingerprint density at radius 1 is 1.43 bits per heavy atom. The fourth-order valence-electron chi connectivity index (χ4n) is 2.98. The Morgan fingerprint density at radius 2 is 2.11 bits per heavy atom. The molecule has 1 amide bonds. The molecule has 1 saturated heterocycles. The number of methoxy groups -OCH3 is 1. The number of benzene rings is 1. The summed E-state index contributed by atoms with van der Waals surface area (Å²) in [4.78, 5) is 11.2. The molecule has 12 heteroatoms. The Balaban J connectivity index is 2.48. The van der Waals surface area contributed by atoms with Crippen LogP contribution in [0.3, 0.4) is 0 Å². The van der Waals surface area contributed by atoms with E-state index in [1.807, 2.05) is 0 Å². The summed E-state index contributed by atoms with van der Waals surface area (Å²) >= 11 is 0. The zero-order valence-electron chi connectivity index (χ0n) is 15.5. The lowest BCUT2D eigenvalue weighted by Gasteiger charge is -2.29. The molecule has 2 rings (SSSR count). The number of hydrogen-bond acceptors (Lipinski definition) is 8. The van der Waals surface area contributed by atoms with Crippen LogP contribution in [0.2, 0.25) is 0 Å². The van der Waals surface area contributed by atoms with Crippen LogP contribution >= 0.6 is 0 Å². The highest BCUT2D eigenvalue weighted by Crippen LogP contribution is 2.31. The molecule has 1 heterocycles. The molecule has 0 radical (unpaired) electrons. The minimum atomic E-state index is -4.23. The van der Waals surface area contributed by atoms with Crippen LogP contribution in [0.5, 0.6) is 5.75 Å². The average Bonchev–Trinajstić information content (AvgIpc) is 2.98. The summed E-state index contributed by atoms with van der Waals surface area (Å²) in [6, 6.07) is 2.98. The van der Waals surface area contributed by atoms with Gasteiger partial charge in [-0.15, -0.1) is 0 Å². The molecule has 1 aromatic carbocycles. The van der Waals surface area contributed by atoms with Gasteiger partial charge in [0.15, 0.2) is 9.84 Å². The van der Waals surface area contributed by atoms with Crippen LogP contribution in [0.1, 0.15) is 13.3 Å². The van der Waals surface area contributed by atoms with Crippen molar-refractivity contribution in [2.45, 2.75) is 30.4 Å². The zero-order chi connectivity index (χ0) is 21.1. The summed E-state index contributed by atoms with van der Waals surface area (Å²) in [5.41, 5.74) is 0.137. The lowest BCUT2D eigenvalue weighted by Crippen LogP contribution is -2.46. The molecule has 2 atom stereocenters. The number of hydrogen-bond donors (Lipinski definition) is 3. The predicted molar refractivity (Wildman–Crippen MR) is 101 cm³/mol. The molecular formula is C16H24N2O8S2. The van der Waals surface area contributed by atoms with Crippen molar-refractivity contribution in [3.05, 3.63) is 18.2 Å². The summed E-state index contributed by atoms with van der Waals surface area (Å²) in [6.45, 7) is 0.125. The topological polar surface area (TPSA) is 150 Å². The van der Waals surface area contributed by atoms with E-state index < -0.39 is 51.1 Å². The first kappa shape index (κ1) is 22.6. The normalized spacial score (nSPS) is 20.1. The first-order chi connectivity index (χ1) is 13.0. The van der Waals surface area contributed by atoms with Crippen molar-refractivity contribution in [2.24, 2.45) is 0 Å². The lowest BCUT2D eigenvalue weighted by atomic mass is 10.2. The fourth-order valence-corrected chi connectivity index (χ4v) is 6.53. The molecule has 0 bridgehead atoms. The number of sulfonamides is 1. The standard InChI is InChI=1S/C16H24N2O8S2/c1-11(20)17-15-7-14(3-4-16(15)26-2)28(24,25)18(8-13(21)9-19)12-5-6-27(22,23)10-12/h3-4,7,12-13,19,21H,5-6,8-10H2,1-2H3,(H,17,20)/t12-,13-/m0/s1. The van der Waals surface area contributed by atoms with Crippen molar-refractivity contribution < 1.29 is 36.6 Å². The van der Waals surface area contributed by atoms with Crippen LogP contribution < -0.4 is 10.1 Å². The van der Waals surface area contributed by atoms with Gasteiger partial charge >= 0.3 is 0 Å². The van der Waals surface area contributed by atoms with Crippen molar-refractivity contribution in [3.8, 4) is 5.75 Å². The molecule has 0 unspecified atom stereocenters. The number of amides is 1. The van der Waals surface area contributed by atoms with E-state index in [4.69, 9.17) is 9.84 Å². The fraction of sp³-hybridized carbons (Fsp3) is 0.562. The van der Waals surface area contributed by atoms with E-state index in [9.17, 15) is 26.7 Å². The van der Waals surface area contributed by atoms with Gasteiger partial charge in [0.1, 0.15) is 5.75 Å². The number of sulfone groups is 1. The number of carbonyl (C=O) groups excluding carboxylic acids is 1. The monoisotopic (exact) mass is 436 g/mol. The first-order valence-electron chi connectivity index (χ1n) is 8.47. The first-order valence-corrected chi connectivity index (χ1v) is 11.7. The van der Waals surface area contributed by atoms with Crippen LogP contribution in [-0.2, 0) is 24.7 Å². The third-order valence-corrected chi connectivity index (χ3v) is 7.97. The molecule has 0 aliphatic carbocycles. The van der Waals surface area contributed by atoms with Crippen LogP contribution in [0, 0.1) is 0 Å². The van der Waals surface area contributed by atoms with E-state index in [1.54, 1.807) is 0 Å². The number of rotatable bonds is 8. The van der Waals surface area contributed by atoms with Gasteiger partial charge in [0, 0.05) is 19.5 Å². The molecule has 28 heavy (non-hydrogen) atoms. The predicted octanol–water partition coefficient (Wildman–Crippen LogP) is -0.815. The third-order valence-electron chi connectivity index (χ3n) is 4.31. The summed E-state index contributed by atoms with van der Waals surface area (Å²) in [5, 5.41) is 21.4. The molecule has 1 aromatic rings. The highest BCUT2D eigenvalue weighted by Gasteiger charge is 2.39. The molecule has 3 N–H and O–H groups in total. The van der Waals surface area contributed by atoms with Crippen molar-refractivity contribution in [3.63, 3.8) is 0 Å². The van der Waals surface area contributed by atoms with E-state index in [-0.39, 0.29) is 34.3 Å². The third kappa shape index (κ3) is 5.20. The SMILES string of the molecule is COc1ccc(S(=O)(=O)N(C[C@H](O)CO)[C@H]2CCS(=O)(=O)C2)cc1NC(C)=O.